The second kappa shape index (κ2) is 10.5. The smallest absolute Gasteiger partial charge is 0.226 e. The molecule has 3 nitrogen and oxygen atoms in total. The number of nitrogens with one attached hydrogen (secondary N) is 1. The van der Waals surface area contributed by atoms with Crippen LogP contribution in [0, 0.1) is 23.2 Å². The van der Waals surface area contributed by atoms with Crippen LogP contribution in [-0.4, -0.2) is 24.2 Å². The average Bonchev–Trinajstić information content (AvgIpc) is 2.45. The fraction of sp³-hybridized carbons (Fsp3) is 0.955. The van der Waals surface area contributed by atoms with E-state index < -0.39 is 0 Å². The van der Waals surface area contributed by atoms with Gasteiger partial charge in [0, 0.05) is 17.6 Å². The van der Waals surface area contributed by atoms with Crippen molar-refractivity contribution in [3.63, 3.8) is 0 Å². The molecule has 0 aromatic rings. The van der Waals surface area contributed by atoms with Crippen molar-refractivity contribution in [2.75, 3.05) is 6.61 Å². The van der Waals surface area contributed by atoms with Crippen molar-refractivity contribution in [2.24, 2.45) is 23.2 Å². The quantitative estimate of drug-likeness (QED) is 0.479. The third kappa shape index (κ3) is 9.63. The molecule has 0 aliphatic heterocycles. The number of amides is 1. The van der Waals surface area contributed by atoms with Gasteiger partial charge in [-0.15, -0.1) is 0 Å². The highest BCUT2D eigenvalue weighted by Gasteiger charge is 2.33. The lowest BCUT2D eigenvalue weighted by Crippen LogP contribution is -2.50. The Hall–Kier alpha value is -0.570. The Morgan fingerprint density at radius 1 is 1.00 bits per heavy atom. The third-order valence-electron chi connectivity index (χ3n) is 5.69. The molecule has 0 saturated heterocycles. The van der Waals surface area contributed by atoms with Gasteiger partial charge in [0.25, 0.3) is 0 Å². The fourth-order valence-electron chi connectivity index (χ4n) is 3.03. The Morgan fingerprint density at radius 3 is 2.04 bits per heavy atom. The Kier molecular flexibility index (Phi) is 10.3. The molecule has 0 aliphatic rings. The number of hydrogen-bond donors (Lipinski definition) is 1. The maximum absolute atomic E-state index is 12.8. The Morgan fingerprint density at radius 2 is 1.56 bits per heavy atom. The van der Waals surface area contributed by atoms with E-state index >= 15 is 0 Å². The lowest BCUT2D eigenvalue weighted by Gasteiger charge is -2.34. The second-order valence-corrected chi connectivity index (χ2v) is 9.74. The minimum Gasteiger partial charge on any atom is -0.378 e. The van der Waals surface area contributed by atoms with Gasteiger partial charge in [-0.1, -0.05) is 54.9 Å². The van der Waals surface area contributed by atoms with Crippen molar-refractivity contribution in [1.29, 1.82) is 0 Å². The summed E-state index contributed by atoms with van der Waals surface area (Å²) in [5.74, 6) is 1.87. The van der Waals surface area contributed by atoms with Crippen molar-refractivity contribution < 1.29 is 9.53 Å². The zero-order chi connectivity index (χ0) is 19.8. The average molecular weight is 356 g/mol. The van der Waals surface area contributed by atoms with E-state index in [1.54, 1.807) is 0 Å². The molecular weight excluding hydrogens is 310 g/mol. The third-order valence-corrected chi connectivity index (χ3v) is 5.69. The molecule has 1 N–H and O–H groups in total. The highest BCUT2D eigenvalue weighted by Crippen LogP contribution is 2.30. The number of hydrogen-bond acceptors (Lipinski definition) is 2. The Balaban J connectivity index is 4.47. The molecule has 3 unspecified atom stereocenters. The van der Waals surface area contributed by atoms with Crippen LogP contribution in [0.25, 0.3) is 0 Å². The van der Waals surface area contributed by atoms with E-state index in [0.29, 0.717) is 24.4 Å². The van der Waals surface area contributed by atoms with Gasteiger partial charge >= 0.3 is 0 Å². The molecule has 0 aliphatic carbocycles. The zero-order valence-corrected chi connectivity index (χ0v) is 18.7. The van der Waals surface area contributed by atoms with E-state index in [1.807, 2.05) is 0 Å². The first kappa shape index (κ1) is 24.4. The summed E-state index contributed by atoms with van der Waals surface area (Å²) in [6.45, 7) is 22.3. The molecule has 3 atom stereocenters. The topological polar surface area (TPSA) is 38.3 Å². The summed E-state index contributed by atoms with van der Waals surface area (Å²) in [6.07, 6.45) is 4.41. The van der Waals surface area contributed by atoms with Crippen LogP contribution in [0.2, 0.25) is 0 Å². The van der Waals surface area contributed by atoms with Gasteiger partial charge in [0.1, 0.15) is 0 Å². The van der Waals surface area contributed by atoms with Crippen LogP contribution in [0.4, 0.5) is 0 Å². The van der Waals surface area contributed by atoms with Crippen LogP contribution >= 0.6 is 0 Å². The summed E-state index contributed by atoms with van der Waals surface area (Å²) < 4.78 is 6.00. The molecule has 0 rings (SSSR count). The van der Waals surface area contributed by atoms with Crippen LogP contribution in [0.3, 0.4) is 0 Å². The number of carbonyl (C=O) groups excluding carboxylic acids is 1. The van der Waals surface area contributed by atoms with Gasteiger partial charge in [-0.3, -0.25) is 4.79 Å². The summed E-state index contributed by atoms with van der Waals surface area (Å²) in [5.41, 5.74) is -0.589. The molecule has 1 amide bonds. The minimum atomic E-state index is -0.343. The van der Waals surface area contributed by atoms with E-state index in [4.69, 9.17) is 4.74 Å². The van der Waals surface area contributed by atoms with Gasteiger partial charge in [-0.05, 0) is 57.8 Å². The lowest BCUT2D eigenvalue weighted by atomic mass is 9.78. The largest absolute Gasteiger partial charge is 0.378 e. The standard InChI is InChI=1S/C22H45NO2/c1-11-12-17(4)19(6)25-14-13-22(9,10)23-20(24)21(7,8)15-18(5)16(2)3/h16-19H,11-15H2,1-10H3,(H,23,24). The van der Waals surface area contributed by atoms with Gasteiger partial charge in [0.15, 0.2) is 0 Å². The maximum Gasteiger partial charge on any atom is 0.226 e. The van der Waals surface area contributed by atoms with Crippen LogP contribution in [0.5, 0.6) is 0 Å². The first-order valence-electron chi connectivity index (χ1n) is 10.3. The van der Waals surface area contributed by atoms with Gasteiger partial charge in [-0.25, -0.2) is 0 Å². The molecule has 0 fully saturated rings. The summed E-state index contributed by atoms with van der Waals surface area (Å²) >= 11 is 0. The summed E-state index contributed by atoms with van der Waals surface area (Å²) in [5, 5.41) is 3.25. The van der Waals surface area contributed by atoms with Gasteiger partial charge in [0.05, 0.1) is 6.10 Å². The first-order valence-corrected chi connectivity index (χ1v) is 10.3. The molecule has 25 heavy (non-hydrogen) atoms. The van der Waals surface area contributed by atoms with Crippen molar-refractivity contribution in [2.45, 2.75) is 107 Å². The molecule has 0 bridgehead atoms. The summed E-state index contributed by atoms with van der Waals surface area (Å²) in [4.78, 5) is 12.8. The minimum absolute atomic E-state index is 0.150. The van der Waals surface area contributed by atoms with Gasteiger partial charge in [-0.2, -0.15) is 0 Å². The second-order valence-electron chi connectivity index (χ2n) is 9.74. The van der Waals surface area contributed by atoms with Crippen molar-refractivity contribution in [3.05, 3.63) is 0 Å². The van der Waals surface area contributed by atoms with E-state index in [9.17, 15) is 4.79 Å². The first-order chi connectivity index (χ1) is 11.3. The van der Waals surface area contributed by atoms with Crippen LogP contribution in [-0.2, 0) is 9.53 Å². The predicted molar refractivity (Wildman–Crippen MR) is 109 cm³/mol. The lowest BCUT2D eigenvalue weighted by molar-refractivity contribution is -0.132. The van der Waals surface area contributed by atoms with E-state index in [1.165, 1.54) is 12.8 Å². The highest BCUT2D eigenvalue weighted by atomic mass is 16.5. The van der Waals surface area contributed by atoms with Crippen molar-refractivity contribution in [1.82, 2.24) is 5.32 Å². The van der Waals surface area contributed by atoms with Crippen molar-refractivity contribution >= 4 is 5.91 Å². The van der Waals surface area contributed by atoms with Crippen LogP contribution < -0.4 is 5.32 Å². The normalized spacial score (nSPS) is 16.6. The van der Waals surface area contributed by atoms with Gasteiger partial charge in [0.2, 0.25) is 5.91 Å². The Labute approximate surface area is 157 Å². The molecule has 0 aromatic carbocycles. The summed E-state index contributed by atoms with van der Waals surface area (Å²) in [7, 11) is 0. The maximum atomic E-state index is 12.8. The number of rotatable bonds is 12. The predicted octanol–water partition coefficient (Wildman–Crippen LogP) is 5.82. The van der Waals surface area contributed by atoms with Gasteiger partial charge < -0.3 is 10.1 Å². The van der Waals surface area contributed by atoms with E-state index in [0.717, 1.165) is 12.8 Å². The molecule has 0 radical (unpaired) electrons. The van der Waals surface area contributed by atoms with E-state index in [2.05, 4.69) is 74.6 Å². The molecule has 150 valence electrons. The highest BCUT2D eigenvalue weighted by molar-refractivity contribution is 5.82. The van der Waals surface area contributed by atoms with Crippen LogP contribution in [0.15, 0.2) is 0 Å². The Bertz CT molecular complexity index is 387. The molecule has 3 heteroatoms. The number of carbonyl (C=O) groups is 1. The zero-order valence-electron chi connectivity index (χ0n) is 18.7. The van der Waals surface area contributed by atoms with Crippen molar-refractivity contribution in [3.8, 4) is 0 Å². The number of ether oxygens (including phenoxy) is 1. The molecular formula is C22H45NO2. The van der Waals surface area contributed by atoms with Crippen LogP contribution in [0.1, 0.15) is 94.9 Å². The molecule has 0 aromatic heterocycles. The molecule has 0 saturated carbocycles. The van der Waals surface area contributed by atoms with E-state index in [-0.39, 0.29) is 23.0 Å². The molecule has 0 heterocycles. The SMILES string of the molecule is CCCC(C)C(C)OCCC(C)(C)NC(=O)C(C)(C)CC(C)C(C)C. The molecule has 0 spiro atoms. The fourth-order valence-corrected chi connectivity index (χ4v) is 3.03. The monoisotopic (exact) mass is 355 g/mol. The summed E-state index contributed by atoms with van der Waals surface area (Å²) in [6, 6.07) is 0.